The van der Waals surface area contributed by atoms with E-state index in [4.69, 9.17) is 0 Å². The first-order valence-electron chi connectivity index (χ1n) is 5.42. The Balaban J connectivity index is 2.66. The zero-order valence-corrected chi connectivity index (χ0v) is 9.64. The predicted molar refractivity (Wildman–Crippen MR) is 61.5 cm³/mol. The first kappa shape index (κ1) is 12.1. The van der Waals surface area contributed by atoms with E-state index in [9.17, 15) is 5.11 Å². The number of hydrogen-bond donors (Lipinski definition) is 2. The molecule has 0 aliphatic carbocycles. The summed E-state index contributed by atoms with van der Waals surface area (Å²) in [7, 11) is 0. The number of nitrogens with one attached hydrogen (secondary N) is 1. The van der Waals surface area contributed by atoms with Crippen LogP contribution in [0.4, 0.5) is 0 Å². The van der Waals surface area contributed by atoms with Crippen LogP contribution >= 0.6 is 0 Å². The molecule has 2 N–H and O–H groups in total. The topological polar surface area (TPSA) is 45.1 Å². The highest BCUT2D eigenvalue weighted by molar-refractivity contribution is 5.14. The molecule has 2 atom stereocenters. The van der Waals surface area contributed by atoms with Crippen LogP contribution < -0.4 is 5.32 Å². The van der Waals surface area contributed by atoms with E-state index in [-0.39, 0.29) is 12.1 Å². The molecule has 1 aromatic heterocycles. The molecule has 0 aliphatic heterocycles. The van der Waals surface area contributed by atoms with Gasteiger partial charge < -0.3 is 10.4 Å². The summed E-state index contributed by atoms with van der Waals surface area (Å²) in [4.78, 5) is 4.11. The number of aliphatic hydroxyl groups excluding tert-OH is 1. The van der Waals surface area contributed by atoms with E-state index in [1.54, 1.807) is 13.1 Å². The molecule has 0 bridgehead atoms. The Hall–Kier alpha value is -0.930. The summed E-state index contributed by atoms with van der Waals surface area (Å²) in [5, 5.41) is 12.6. The third-order valence-corrected chi connectivity index (χ3v) is 2.34. The van der Waals surface area contributed by atoms with Crippen molar-refractivity contribution in [1.29, 1.82) is 0 Å². The summed E-state index contributed by atoms with van der Waals surface area (Å²) in [5.74, 6) is 0.480. The molecule has 0 fully saturated rings. The second-order valence-electron chi connectivity index (χ2n) is 4.27. The monoisotopic (exact) mass is 208 g/mol. The van der Waals surface area contributed by atoms with Crippen LogP contribution in [0, 0.1) is 5.92 Å². The second kappa shape index (κ2) is 5.83. The fraction of sp³-hybridized carbons (Fsp3) is 0.583. The average Bonchev–Trinajstić information content (AvgIpc) is 2.18. The van der Waals surface area contributed by atoms with Crippen LogP contribution in [0.3, 0.4) is 0 Å². The van der Waals surface area contributed by atoms with Crippen LogP contribution in [-0.4, -0.2) is 22.7 Å². The van der Waals surface area contributed by atoms with Gasteiger partial charge in [0.2, 0.25) is 0 Å². The quantitative estimate of drug-likeness (QED) is 0.775. The smallest absolute Gasteiger partial charge is 0.0636 e. The van der Waals surface area contributed by atoms with Crippen LogP contribution in [0.2, 0.25) is 0 Å². The maximum atomic E-state index is 9.25. The molecule has 84 valence electrons. The third-order valence-electron chi connectivity index (χ3n) is 2.34. The molecule has 1 aromatic rings. The summed E-state index contributed by atoms with van der Waals surface area (Å²) in [6.07, 6.45) is 3.33. The predicted octanol–water partition coefficient (Wildman–Crippen LogP) is 1.75. The molecule has 15 heavy (non-hydrogen) atoms. The SMILES string of the molecule is CC(O)CNC(c1cccnc1)C(C)C. The highest BCUT2D eigenvalue weighted by Crippen LogP contribution is 2.20. The number of nitrogens with zero attached hydrogens (tertiary/aromatic N) is 1. The number of pyridine rings is 1. The maximum absolute atomic E-state index is 9.25. The van der Waals surface area contributed by atoms with E-state index in [2.05, 4.69) is 30.2 Å². The Morgan fingerprint density at radius 1 is 1.40 bits per heavy atom. The van der Waals surface area contributed by atoms with Gasteiger partial charge in [0.1, 0.15) is 0 Å². The van der Waals surface area contributed by atoms with Gasteiger partial charge in [-0.2, -0.15) is 0 Å². The van der Waals surface area contributed by atoms with Crippen molar-refractivity contribution in [2.75, 3.05) is 6.54 Å². The van der Waals surface area contributed by atoms with E-state index < -0.39 is 0 Å². The molecule has 0 saturated heterocycles. The van der Waals surface area contributed by atoms with Crippen LogP contribution in [-0.2, 0) is 0 Å². The zero-order chi connectivity index (χ0) is 11.3. The lowest BCUT2D eigenvalue weighted by atomic mass is 9.97. The zero-order valence-electron chi connectivity index (χ0n) is 9.64. The summed E-state index contributed by atoms with van der Waals surface area (Å²) in [6, 6.07) is 4.26. The Bertz CT molecular complexity index is 272. The van der Waals surface area contributed by atoms with Gasteiger partial charge in [-0.15, -0.1) is 0 Å². The maximum Gasteiger partial charge on any atom is 0.0636 e. The molecule has 0 spiro atoms. The minimum absolute atomic E-state index is 0.258. The minimum atomic E-state index is -0.317. The van der Waals surface area contributed by atoms with E-state index in [0.29, 0.717) is 12.5 Å². The molecule has 1 rings (SSSR count). The lowest BCUT2D eigenvalue weighted by Gasteiger charge is -2.23. The number of aromatic nitrogens is 1. The molecule has 0 saturated carbocycles. The van der Waals surface area contributed by atoms with Crippen molar-refractivity contribution in [3.8, 4) is 0 Å². The molecule has 0 amide bonds. The summed E-state index contributed by atoms with van der Waals surface area (Å²) in [6.45, 7) is 6.71. The molecule has 0 aromatic carbocycles. The van der Waals surface area contributed by atoms with Crippen molar-refractivity contribution in [2.45, 2.75) is 32.9 Å². The fourth-order valence-electron chi connectivity index (χ4n) is 1.60. The standard InChI is InChI=1S/C12H20N2O/c1-9(2)12(14-7-10(3)15)11-5-4-6-13-8-11/h4-6,8-10,12,14-15H,7H2,1-3H3. The Morgan fingerprint density at radius 2 is 2.13 bits per heavy atom. The van der Waals surface area contributed by atoms with Gasteiger partial charge in [-0.3, -0.25) is 4.98 Å². The Kier molecular flexibility index (Phi) is 4.72. The summed E-state index contributed by atoms with van der Waals surface area (Å²) < 4.78 is 0. The molecule has 3 nitrogen and oxygen atoms in total. The van der Waals surface area contributed by atoms with Gasteiger partial charge >= 0.3 is 0 Å². The highest BCUT2D eigenvalue weighted by Gasteiger charge is 2.15. The van der Waals surface area contributed by atoms with E-state index in [1.807, 2.05) is 12.3 Å². The van der Waals surface area contributed by atoms with Crippen molar-refractivity contribution in [3.63, 3.8) is 0 Å². The van der Waals surface area contributed by atoms with Crippen molar-refractivity contribution in [3.05, 3.63) is 30.1 Å². The molecule has 3 heteroatoms. The van der Waals surface area contributed by atoms with E-state index in [0.717, 1.165) is 0 Å². The van der Waals surface area contributed by atoms with Gasteiger partial charge in [0.15, 0.2) is 0 Å². The van der Waals surface area contributed by atoms with Gasteiger partial charge in [-0.25, -0.2) is 0 Å². The van der Waals surface area contributed by atoms with Gasteiger partial charge in [0, 0.05) is 25.0 Å². The number of hydrogen-bond acceptors (Lipinski definition) is 3. The van der Waals surface area contributed by atoms with Crippen molar-refractivity contribution < 1.29 is 5.11 Å². The Labute approximate surface area is 91.5 Å². The third kappa shape index (κ3) is 3.98. The van der Waals surface area contributed by atoms with Gasteiger partial charge in [-0.1, -0.05) is 19.9 Å². The van der Waals surface area contributed by atoms with Gasteiger partial charge in [0.05, 0.1) is 6.10 Å². The van der Waals surface area contributed by atoms with Crippen molar-refractivity contribution in [2.24, 2.45) is 5.92 Å². The fourth-order valence-corrected chi connectivity index (χ4v) is 1.60. The molecule has 2 unspecified atom stereocenters. The van der Waals surface area contributed by atoms with Crippen molar-refractivity contribution in [1.82, 2.24) is 10.3 Å². The van der Waals surface area contributed by atoms with E-state index >= 15 is 0 Å². The van der Waals surface area contributed by atoms with Gasteiger partial charge in [-0.05, 0) is 24.5 Å². The van der Waals surface area contributed by atoms with Crippen molar-refractivity contribution >= 4 is 0 Å². The van der Waals surface area contributed by atoms with E-state index in [1.165, 1.54) is 5.56 Å². The molecule has 0 aliphatic rings. The number of rotatable bonds is 5. The summed E-state index contributed by atoms with van der Waals surface area (Å²) in [5.41, 5.74) is 1.17. The first-order chi connectivity index (χ1) is 7.11. The van der Waals surface area contributed by atoms with Crippen LogP contribution in [0.1, 0.15) is 32.4 Å². The highest BCUT2D eigenvalue weighted by atomic mass is 16.3. The first-order valence-corrected chi connectivity index (χ1v) is 5.42. The summed E-state index contributed by atoms with van der Waals surface area (Å²) >= 11 is 0. The van der Waals surface area contributed by atoms with Crippen LogP contribution in [0.25, 0.3) is 0 Å². The van der Waals surface area contributed by atoms with Crippen LogP contribution in [0.5, 0.6) is 0 Å². The largest absolute Gasteiger partial charge is 0.392 e. The normalized spacial score (nSPS) is 15.3. The lowest BCUT2D eigenvalue weighted by molar-refractivity contribution is 0.181. The average molecular weight is 208 g/mol. The molecular weight excluding hydrogens is 188 g/mol. The molecule has 1 heterocycles. The second-order valence-corrected chi connectivity index (χ2v) is 4.27. The Morgan fingerprint density at radius 3 is 2.60 bits per heavy atom. The number of aliphatic hydroxyl groups is 1. The minimum Gasteiger partial charge on any atom is -0.392 e. The molecular formula is C12H20N2O. The molecule has 0 radical (unpaired) electrons. The van der Waals surface area contributed by atoms with Gasteiger partial charge in [0.25, 0.3) is 0 Å². The van der Waals surface area contributed by atoms with Crippen LogP contribution in [0.15, 0.2) is 24.5 Å². The lowest BCUT2D eigenvalue weighted by Crippen LogP contribution is -2.31.